The number of thioether (sulfide) groups is 1. The molecule has 3 fully saturated rings. The summed E-state index contributed by atoms with van der Waals surface area (Å²) in [6, 6.07) is -0.0245. The van der Waals surface area contributed by atoms with E-state index >= 15 is 0 Å². The molecule has 1 aromatic rings. The number of hydrogen-bond acceptors (Lipinski definition) is 16. The SMILES string of the molecule is COc1cc2cc(c1Cl)N(C)C(=O)CC(OC(=O)[C@H](C)N(C)C(=O)C(CCSC)NC(=O)[C@@H](CCCCN)NC(=O)CCN1C(=O)CCC1=O)C1(C)OC1C(C)C1CC(O)(NC(=O)O1)C(OC)/C=C/C=C(\C)C2. The molecule has 10 atom stereocenters. The van der Waals surface area contributed by atoms with Crippen LogP contribution in [0.4, 0.5) is 10.5 Å². The first kappa shape index (κ1) is 58.6. The van der Waals surface area contributed by atoms with Gasteiger partial charge in [0.25, 0.3) is 0 Å². The van der Waals surface area contributed by atoms with E-state index in [4.69, 9.17) is 41.0 Å². The van der Waals surface area contributed by atoms with Crippen LogP contribution < -0.4 is 31.3 Å². The lowest BCUT2D eigenvalue weighted by atomic mass is 9.83. The summed E-state index contributed by atoms with van der Waals surface area (Å²) in [4.78, 5) is 111. The van der Waals surface area contributed by atoms with Crippen molar-refractivity contribution in [3.63, 3.8) is 0 Å². The predicted molar refractivity (Wildman–Crippen MR) is 271 cm³/mol. The van der Waals surface area contributed by atoms with Crippen LogP contribution in [0, 0.1) is 5.92 Å². The number of unbranched alkanes of at least 4 members (excludes halogenated alkanes) is 1. The van der Waals surface area contributed by atoms with Crippen LogP contribution in [0.2, 0.25) is 5.02 Å². The average Bonchev–Trinajstić information content (AvgIpc) is 3.95. The number of nitrogens with one attached hydrogen (secondary N) is 3. The first-order chi connectivity index (χ1) is 34.5. The molecule has 8 unspecified atom stereocenters. The summed E-state index contributed by atoms with van der Waals surface area (Å²) < 4.78 is 29.5. The zero-order valence-electron chi connectivity index (χ0n) is 43.2. The second-order valence-corrected chi connectivity index (χ2v) is 20.6. The van der Waals surface area contributed by atoms with Gasteiger partial charge in [-0.15, -0.1) is 0 Å². The van der Waals surface area contributed by atoms with Gasteiger partial charge in [0.2, 0.25) is 35.4 Å². The van der Waals surface area contributed by atoms with Gasteiger partial charge in [-0.1, -0.05) is 42.3 Å². The summed E-state index contributed by atoms with van der Waals surface area (Å²) in [5.41, 5.74) is 4.39. The fourth-order valence-corrected chi connectivity index (χ4v) is 10.1. The number of benzene rings is 1. The second kappa shape index (κ2) is 25.8. The molecule has 5 rings (SSSR count). The molecule has 0 saturated carbocycles. The van der Waals surface area contributed by atoms with Crippen LogP contribution in [0.5, 0.6) is 5.75 Å². The third-order valence-electron chi connectivity index (χ3n) is 14.0. The predicted octanol–water partition coefficient (Wildman–Crippen LogP) is 2.91. The number of halogens is 1. The van der Waals surface area contributed by atoms with Crippen molar-refractivity contribution in [3.05, 3.63) is 46.5 Å². The number of likely N-dealkylation sites (N-methyl/N-ethyl adjacent to an activating group) is 1. The Labute approximate surface area is 435 Å². The van der Waals surface area contributed by atoms with Crippen LogP contribution >= 0.6 is 23.4 Å². The molecular weight excluding hydrogens is 990 g/mol. The third kappa shape index (κ3) is 14.5. The number of hydrogen-bond donors (Lipinski definition) is 5. The van der Waals surface area contributed by atoms with Gasteiger partial charge in [0.1, 0.15) is 52.8 Å². The number of amides is 7. The maximum atomic E-state index is 14.5. The van der Waals surface area contributed by atoms with Crippen molar-refractivity contribution in [1.82, 2.24) is 25.8 Å². The summed E-state index contributed by atoms with van der Waals surface area (Å²) in [6.45, 7) is 6.95. The number of methoxy groups -OCH3 is 2. The number of aliphatic hydroxyl groups is 1. The van der Waals surface area contributed by atoms with E-state index < -0.39 is 102 Å². The molecule has 6 N–H and O–H groups in total. The highest BCUT2D eigenvalue weighted by molar-refractivity contribution is 7.98. The van der Waals surface area contributed by atoms with E-state index in [0.717, 1.165) is 20.9 Å². The quantitative estimate of drug-likeness (QED) is 0.0577. The molecule has 404 valence electrons. The summed E-state index contributed by atoms with van der Waals surface area (Å²) in [5.74, 6) is -3.93. The Morgan fingerprint density at radius 3 is 2.41 bits per heavy atom. The lowest BCUT2D eigenvalue weighted by Gasteiger charge is -2.42. The number of carbonyl (C=O) groups is 8. The molecule has 23 heteroatoms. The number of rotatable bonds is 19. The number of allylic oxidation sites excluding steroid dienone is 3. The highest BCUT2D eigenvalue weighted by atomic mass is 35.5. The molecule has 4 aliphatic rings. The smallest absolute Gasteiger partial charge is 0.409 e. The number of ether oxygens (including phenoxy) is 5. The van der Waals surface area contributed by atoms with E-state index in [2.05, 4.69) is 16.0 Å². The number of esters is 1. The molecule has 4 aliphatic heterocycles. The van der Waals surface area contributed by atoms with Crippen molar-refractivity contribution in [2.75, 3.05) is 58.3 Å². The normalized spacial score (nSPS) is 27.8. The first-order valence-corrected chi connectivity index (χ1v) is 26.3. The number of carbonyl (C=O) groups excluding carboxylic acids is 8. The van der Waals surface area contributed by atoms with Crippen LogP contribution in [-0.4, -0.2) is 170 Å². The third-order valence-corrected chi connectivity index (χ3v) is 15.0. The zero-order chi connectivity index (χ0) is 53.9. The molecule has 21 nitrogen and oxygen atoms in total. The number of nitrogens with two attached hydrogens (primary N) is 1. The van der Waals surface area contributed by atoms with Crippen LogP contribution in [-0.2, 0) is 58.9 Å². The molecule has 73 heavy (non-hydrogen) atoms. The fourth-order valence-electron chi connectivity index (χ4n) is 9.32. The van der Waals surface area contributed by atoms with Gasteiger partial charge in [0.15, 0.2) is 5.72 Å². The fraction of sp³-hybridized carbons (Fsp3) is 0.640. The van der Waals surface area contributed by atoms with Crippen molar-refractivity contribution < 1.29 is 67.1 Å². The molecule has 0 spiro atoms. The van der Waals surface area contributed by atoms with E-state index in [-0.39, 0.29) is 61.9 Å². The number of epoxide rings is 1. The van der Waals surface area contributed by atoms with Gasteiger partial charge in [-0.05, 0) is 89.1 Å². The van der Waals surface area contributed by atoms with Crippen LogP contribution in [0.15, 0.2) is 35.9 Å². The molecule has 4 heterocycles. The number of fused-ring (bicyclic) bond motifs is 5. The summed E-state index contributed by atoms with van der Waals surface area (Å²) in [5, 5.41) is 20.0. The summed E-state index contributed by atoms with van der Waals surface area (Å²) >= 11 is 8.26. The number of anilines is 1. The molecule has 4 bridgehead atoms. The molecule has 0 aromatic heterocycles. The Kier molecular flexibility index (Phi) is 20.7. The first-order valence-electron chi connectivity index (χ1n) is 24.5. The number of alkyl carbamates (subject to hydrolysis) is 1. The van der Waals surface area contributed by atoms with Gasteiger partial charge in [-0.2, -0.15) is 11.8 Å². The Balaban J connectivity index is 1.41. The van der Waals surface area contributed by atoms with E-state index in [1.165, 1.54) is 51.9 Å². The lowest BCUT2D eigenvalue weighted by Crippen LogP contribution is -2.63. The lowest BCUT2D eigenvalue weighted by molar-refractivity contribution is -0.162. The van der Waals surface area contributed by atoms with Crippen LogP contribution in [0.1, 0.15) is 91.0 Å². The highest BCUT2D eigenvalue weighted by Gasteiger charge is 2.64. The van der Waals surface area contributed by atoms with Gasteiger partial charge < -0.3 is 55.0 Å². The standard InChI is InChI=1S/C50H72ClN7O14S/c1-28-13-12-15-37(69-8)50(67)27-36(70-48(66)55-50)29(2)44-49(4,72-44)38(26-42(62)57(6)34-24-31(23-28)25-35(68-7)43(34)51)71-47(65)30(3)56(5)46(64)33(19-22-73-9)54-45(63)32(14-10-11-20-52)53-39(59)18-21-58-40(60)16-17-41(58)61/h12-13,15,24-25,29-30,32-33,36-38,44,67H,10-11,14,16-23,26-27,52H2,1-9H3,(H,53,59)(H,54,63)(H,55,66)/b15-12+,28-13+/t29?,30-,32+,33?,36?,37?,38?,44?,49?,50?/m0/s1. The molecule has 1 aromatic carbocycles. The number of nitrogens with zero attached hydrogens (tertiary/aromatic N) is 3. The van der Waals surface area contributed by atoms with E-state index in [0.29, 0.717) is 43.0 Å². The van der Waals surface area contributed by atoms with E-state index in [1.54, 1.807) is 38.1 Å². The largest absolute Gasteiger partial charge is 0.495 e. The minimum Gasteiger partial charge on any atom is -0.495 e. The van der Waals surface area contributed by atoms with Gasteiger partial charge in [-0.25, -0.2) is 9.59 Å². The summed E-state index contributed by atoms with van der Waals surface area (Å²) in [6.07, 6.45) is 3.18. The summed E-state index contributed by atoms with van der Waals surface area (Å²) in [7, 11) is 5.77. The monoisotopic (exact) mass is 1060 g/mol. The number of imide groups is 1. The van der Waals surface area contributed by atoms with E-state index in [9.17, 15) is 43.5 Å². The Hall–Kier alpha value is -5.26. The minimum atomic E-state index is -1.91. The average molecular weight is 1060 g/mol. The molecule has 7 amide bonds. The van der Waals surface area contributed by atoms with Crippen molar-refractivity contribution in [2.24, 2.45) is 11.7 Å². The Morgan fingerprint density at radius 1 is 1.07 bits per heavy atom. The van der Waals surface area contributed by atoms with Gasteiger partial charge in [-0.3, -0.25) is 39.0 Å². The second-order valence-electron chi connectivity index (χ2n) is 19.3. The van der Waals surface area contributed by atoms with Crippen molar-refractivity contribution in [2.45, 2.75) is 146 Å². The highest BCUT2D eigenvalue weighted by Crippen LogP contribution is 2.49. The molecule has 0 radical (unpaired) electrons. The zero-order valence-corrected chi connectivity index (χ0v) is 44.7. The molecule has 3 saturated heterocycles. The number of likely N-dealkylation sites (tertiary alicyclic amines) is 1. The van der Waals surface area contributed by atoms with Gasteiger partial charge in [0.05, 0.1) is 25.3 Å². The molecular formula is C50H72ClN7O14S. The van der Waals surface area contributed by atoms with Crippen molar-refractivity contribution in [3.8, 4) is 5.75 Å². The van der Waals surface area contributed by atoms with Gasteiger partial charge >= 0.3 is 12.1 Å². The van der Waals surface area contributed by atoms with Crippen LogP contribution in [0.25, 0.3) is 0 Å². The Bertz CT molecular complexity index is 2290. The van der Waals surface area contributed by atoms with Crippen molar-refractivity contribution >= 4 is 76.6 Å². The maximum absolute atomic E-state index is 14.5. The Morgan fingerprint density at radius 2 is 1.77 bits per heavy atom. The van der Waals surface area contributed by atoms with Crippen molar-refractivity contribution in [1.29, 1.82) is 0 Å². The maximum Gasteiger partial charge on any atom is 0.409 e. The van der Waals surface area contributed by atoms with Crippen LogP contribution in [0.3, 0.4) is 0 Å². The van der Waals surface area contributed by atoms with E-state index in [1.807, 2.05) is 19.3 Å². The van der Waals surface area contributed by atoms with Gasteiger partial charge in [0, 0.05) is 59.4 Å². The topological polar surface area (TPSA) is 278 Å². The molecule has 0 aliphatic carbocycles. The minimum absolute atomic E-state index is 0.0752.